The Morgan fingerprint density at radius 2 is 1.52 bits per heavy atom. The Kier molecular flexibility index (Phi) is 10.5. The van der Waals surface area contributed by atoms with Gasteiger partial charge in [0.2, 0.25) is 0 Å². The monoisotopic (exact) mass is 326 g/mol. The molecule has 8 heteroatoms. The number of hydrogen-bond donors (Lipinski definition) is 3. The summed E-state index contributed by atoms with van der Waals surface area (Å²) in [5.74, 6) is -2.44. The van der Waals surface area contributed by atoms with E-state index in [2.05, 4.69) is 16.1 Å². The fraction of sp³-hybridized carbons (Fsp3) is 0.267. The Morgan fingerprint density at radius 1 is 1.00 bits per heavy atom. The molecule has 0 aromatic heterocycles. The molecule has 1 aromatic carbocycles. The van der Waals surface area contributed by atoms with Crippen molar-refractivity contribution in [3.63, 3.8) is 0 Å². The van der Waals surface area contributed by atoms with Gasteiger partial charge in [-0.2, -0.15) is 0 Å². The number of ether oxygens (including phenoxy) is 2. The number of carboxylic acids is 1. The standard InChI is InChI=1S/C10H10O5.C5H8O3/c11-5-6-15-10(14)8-4-2-1-3-7(8)9(12)13;1-2-5(7)8-4-3-6/h1-4,11H,5-6H2,(H,12,13);2,6H,1,3-4H2. The van der Waals surface area contributed by atoms with Gasteiger partial charge in [-0.25, -0.2) is 14.4 Å². The molecule has 0 atom stereocenters. The summed E-state index contributed by atoms with van der Waals surface area (Å²) in [7, 11) is 0. The largest absolute Gasteiger partial charge is 0.478 e. The highest BCUT2D eigenvalue weighted by Crippen LogP contribution is 2.10. The third kappa shape index (κ3) is 8.34. The van der Waals surface area contributed by atoms with E-state index >= 15 is 0 Å². The first-order valence-electron chi connectivity index (χ1n) is 6.48. The third-order valence-corrected chi connectivity index (χ3v) is 2.20. The average molecular weight is 326 g/mol. The van der Waals surface area contributed by atoms with Crippen molar-refractivity contribution in [2.45, 2.75) is 0 Å². The zero-order valence-corrected chi connectivity index (χ0v) is 12.3. The zero-order valence-electron chi connectivity index (χ0n) is 12.3. The highest BCUT2D eigenvalue weighted by molar-refractivity contribution is 6.02. The zero-order chi connectivity index (χ0) is 17.7. The topological polar surface area (TPSA) is 130 Å². The summed E-state index contributed by atoms with van der Waals surface area (Å²) in [4.78, 5) is 32.2. The lowest BCUT2D eigenvalue weighted by molar-refractivity contribution is -0.138. The van der Waals surface area contributed by atoms with E-state index in [1.54, 1.807) is 6.07 Å². The first-order chi connectivity index (χ1) is 11.0. The van der Waals surface area contributed by atoms with E-state index in [9.17, 15) is 14.4 Å². The quantitative estimate of drug-likeness (QED) is 0.480. The second-order valence-electron chi connectivity index (χ2n) is 3.81. The Labute approximate surface area is 132 Å². The molecule has 0 unspecified atom stereocenters. The Morgan fingerprint density at radius 3 is 2.00 bits per heavy atom. The van der Waals surface area contributed by atoms with Gasteiger partial charge in [-0.1, -0.05) is 18.7 Å². The number of carbonyl (C=O) groups excluding carboxylic acids is 2. The van der Waals surface area contributed by atoms with E-state index in [-0.39, 0.29) is 37.6 Å². The molecule has 0 bridgehead atoms. The molecule has 3 N–H and O–H groups in total. The van der Waals surface area contributed by atoms with Crippen LogP contribution in [0.3, 0.4) is 0 Å². The number of carbonyl (C=O) groups is 3. The number of hydrogen-bond acceptors (Lipinski definition) is 7. The van der Waals surface area contributed by atoms with Gasteiger partial charge in [0.15, 0.2) is 0 Å². The lowest BCUT2D eigenvalue weighted by atomic mass is 10.1. The second kappa shape index (κ2) is 11.9. The van der Waals surface area contributed by atoms with Gasteiger partial charge in [-0.3, -0.25) is 0 Å². The van der Waals surface area contributed by atoms with Crippen LogP contribution in [0.25, 0.3) is 0 Å². The predicted molar refractivity (Wildman–Crippen MR) is 79.0 cm³/mol. The van der Waals surface area contributed by atoms with Crippen LogP contribution in [-0.4, -0.2) is 59.7 Å². The minimum atomic E-state index is -1.19. The molecule has 0 amide bonds. The molecule has 0 aliphatic carbocycles. The molecule has 0 saturated carbocycles. The first kappa shape index (κ1) is 20.3. The van der Waals surface area contributed by atoms with E-state index in [1.165, 1.54) is 18.2 Å². The van der Waals surface area contributed by atoms with Crippen molar-refractivity contribution in [3.8, 4) is 0 Å². The summed E-state index contributed by atoms with van der Waals surface area (Å²) in [6.07, 6.45) is 1.05. The van der Waals surface area contributed by atoms with Gasteiger partial charge in [0.05, 0.1) is 24.3 Å². The first-order valence-corrected chi connectivity index (χ1v) is 6.48. The smallest absolute Gasteiger partial charge is 0.339 e. The highest BCUT2D eigenvalue weighted by Gasteiger charge is 2.16. The summed E-state index contributed by atoms with van der Waals surface area (Å²) >= 11 is 0. The number of aliphatic hydroxyl groups is 2. The van der Waals surface area contributed by atoms with Crippen LogP contribution in [0, 0.1) is 0 Å². The van der Waals surface area contributed by atoms with E-state index in [0.717, 1.165) is 6.08 Å². The summed E-state index contributed by atoms with van der Waals surface area (Å²) in [6.45, 7) is 2.63. The van der Waals surface area contributed by atoms with Crippen LogP contribution >= 0.6 is 0 Å². The van der Waals surface area contributed by atoms with Crippen molar-refractivity contribution in [2.24, 2.45) is 0 Å². The molecule has 1 aromatic rings. The lowest BCUT2D eigenvalue weighted by Gasteiger charge is -2.05. The minimum Gasteiger partial charge on any atom is -0.478 e. The predicted octanol–water partition coefficient (Wildman–Crippen LogP) is 0.242. The number of carboxylic acid groups (broad SMARTS) is 1. The van der Waals surface area contributed by atoms with E-state index < -0.39 is 17.9 Å². The Balaban J connectivity index is 0.000000515. The Hall–Kier alpha value is -2.71. The molecule has 0 radical (unpaired) electrons. The summed E-state index contributed by atoms with van der Waals surface area (Å²) in [5, 5.41) is 25.3. The molecular weight excluding hydrogens is 308 g/mol. The van der Waals surface area contributed by atoms with Gasteiger partial charge in [-0.15, -0.1) is 0 Å². The second-order valence-corrected chi connectivity index (χ2v) is 3.81. The molecule has 0 saturated heterocycles. The van der Waals surface area contributed by atoms with Crippen LogP contribution in [0.5, 0.6) is 0 Å². The maximum atomic E-state index is 11.3. The fourth-order valence-electron chi connectivity index (χ4n) is 1.27. The maximum Gasteiger partial charge on any atom is 0.339 e. The summed E-state index contributed by atoms with van der Waals surface area (Å²) in [6, 6.07) is 5.75. The van der Waals surface area contributed by atoms with Crippen LogP contribution in [0.15, 0.2) is 36.9 Å². The molecular formula is C15H18O8. The fourth-order valence-corrected chi connectivity index (χ4v) is 1.27. The molecule has 8 nitrogen and oxygen atoms in total. The van der Waals surface area contributed by atoms with Crippen molar-refractivity contribution in [1.29, 1.82) is 0 Å². The van der Waals surface area contributed by atoms with Crippen molar-refractivity contribution >= 4 is 17.9 Å². The van der Waals surface area contributed by atoms with E-state index in [0.29, 0.717) is 0 Å². The van der Waals surface area contributed by atoms with E-state index in [1.807, 2.05) is 0 Å². The number of rotatable bonds is 7. The number of aliphatic hydroxyl groups excluding tert-OH is 2. The van der Waals surface area contributed by atoms with Crippen LogP contribution < -0.4 is 0 Å². The number of esters is 2. The minimum absolute atomic E-state index is 0.0153. The maximum absolute atomic E-state index is 11.3. The van der Waals surface area contributed by atoms with Gasteiger partial charge in [-0.05, 0) is 12.1 Å². The molecule has 0 heterocycles. The van der Waals surface area contributed by atoms with Crippen molar-refractivity contribution in [3.05, 3.63) is 48.0 Å². The number of benzene rings is 1. The van der Waals surface area contributed by atoms with Crippen LogP contribution in [0.4, 0.5) is 0 Å². The molecule has 0 aliphatic rings. The molecule has 126 valence electrons. The van der Waals surface area contributed by atoms with Gasteiger partial charge in [0, 0.05) is 6.08 Å². The van der Waals surface area contributed by atoms with Gasteiger partial charge in [0.25, 0.3) is 0 Å². The van der Waals surface area contributed by atoms with Gasteiger partial charge >= 0.3 is 17.9 Å². The van der Waals surface area contributed by atoms with Crippen molar-refractivity contribution in [2.75, 3.05) is 26.4 Å². The molecule has 0 spiro atoms. The molecule has 23 heavy (non-hydrogen) atoms. The highest BCUT2D eigenvalue weighted by atomic mass is 16.5. The van der Waals surface area contributed by atoms with Crippen molar-refractivity contribution < 1.29 is 39.2 Å². The number of aromatic carboxylic acids is 1. The van der Waals surface area contributed by atoms with Crippen molar-refractivity contribution in [1.82, 2.24) is 0 Å². The molecule has 0 aliphatic heterocycles. The van der Waals surface area contributed by atoms with Crippen LogP contribution in [-0.2, 0) is 14.3 Å². The lowest BCUT2D eigenvalue weighted by Crippen LogP contribution is -2.13. The van der Waals surface area contributed by atoms with Crippen LogP contribution in [0.1, 0.15) is 20.7 Å². The van der Waals surface area contributed by atoms with Gasteiger partial charge in [0.1, 0.15) is 13.2 Å². The molecule has 1 rings (SSSR count). The summed E-state index contributed by atoms with van der Waals surface area (Å²) in [5.41, 5.74) is -0.126. The normalized spacial score (nSPS) is 9.13. The third-order valence-electron chi connectivity index (χ3n) is 2.20. The van der Waals surface area contributed by atoms with Gasteiger partial charge < -0.3 is 24.8 Å². The molecule has 0 fully saturated rings. The summed E-state index contributed by atoms with van der Waals surface area (Å²) < 4.78 is 8.95. The SMILES string of the molecule is C=CC(=O)OCCO.O=C(O)c1ccccc1C(=O)OCCO. The van der Waals surface area contributed by atoms with Crippen LogP contribution in [0.2, 0.25) is 0 Å². The Bertz CT molecular complexity index is 538. The van der Waals surface area contributed by atoms with E-state index in [4.69, 9.17) is 15.3 Å². The average Bonchev–Trinajstić information content (AvgIpc) is 2.57.